The zero-order valence-electron chi connectivity index (χ0n) is 11.2. The summed E-state index contributed by atoms with van der Waals surface area (Å²) in [7, 11) is 1.87. The van der Waals surface area contributed by atoms with Gasteiger partial charge in [0.15, 0.2) is 0 Å². The van der Waals surface area contributed by atoms with Crippen LogP contribution in [0.3, 0.4) is 0 Å². The average Bonchev–Trinajstić information content (AvgIpc) is 3.01. The zero-order chi connectivity index (χ0) is 13.4. The first-order valence-electron chi connectivity index (χ1n) is 6.49. The van der Waals surface area contributed by atoms with Gasteiger partial charge in [-0.1, -0.05) is 6.07 Å². The Morgan fingerprint density at radius 1 is 1.58 bits per heavy atom. The summed E-state index contributed by atoms with van der Waals surface area (Å²) >= 11 is 1.70. The molecule has 0 atom stereocenters. The molecule has 2 aromatic rings. The Morgan fingerprint density at radius 2 is 2.37 bits per heavy atom. The van der Waals surface area contributed by atoms with Crippen molar-refractivity contribution in [2.24, 2.45) is 7.05 Å². The number of thiophene rings is 1. The maximum atomic E-state index is 12.7. The number of carbonyl (C=O) groups excluding carboxylic acids is 1. The maximum Gasteiger partial charge on any atom is 0.257 e. The van der Waals surface area contributed by atoms with Crippen LogP contribution in [0.2, 0.25) is 0 Å². The molecule has 19 heavy (non-hydrogen) atoms. The predicted octanol–water partition coefficient (Wildman–Crippen LogP) is 2.59. The first-order valence-corrected chi connectivity index (χ1v) is 7.36. The lowest BCUT2D eigenvalue weighted by molar-refractivity contribution is 0.0731. The topological polar surface area (TPSA) is 38.1 Å². The number of nitrogens with zero attached hydrogens (tertiary/aromatic N) is 3. The molecule has 1 saturated carbocycles. The fourth-order valence-corrected chi connectivity index (χ4v) is 2.89. The minimum Gasteiger partial charge on any atom is -0.330 e. The summed E-state index contributed by atoms with van der Waals surface area (Å²) in [6.45, 7) is 2.66. The fourth-order valence-electron chi connectivity index (χ4n) is 2.19. The van der Waals surface area contributed by atoms with Crippen molar-refractivity contribution in [2.45, 2.75) is 32.4 Å². The van der Waals surface area contributed by atoms with E-state index in [-0.39, 0.29) is 5.91 Å². The van der Waals surface area contributed by atoms with Gasteiger partial charge in [-0.15, -0.1) is 11.3 Å². The summed E-state index contributed by atoms with van der Waals surface area (Å²) in [5.74, 6) is 0.113. The summed E-state index contributed by atoms with van der Waals surface area (Å²) in [6.07, 6.45) is 3.92. The van der Waals surface area contributed by atoms with Gasteiger partial charge in [-0.25, -0.2) is 0 Å². The van der Waals surface area contributed by atoms with Crippen LogP contribution >= 0.6 is 11.3 Å². The molecule has 0 saturated heterocycles. The highest BCUT2D eigenvalue weighted by atomic mass is 32.1. The Hall–Kier alpha value is -1.62. The van der Waals surface area contributed by atoms with Gasteiger partial charge >= 0.3 is 0 Å². The van der Waals surface area contributed by atoms with Gasteiger partial charge in [-0.2, -0.15) is 5.10 Å². The number of carbonyl (C=O) groups is 1. The normalized spacial score (nSPS) is 14.6. The van der Waals surface area contributed by atoms with Crippen molar-refractivity contribution >= 4 is 17.2 Å². The Balaban J connectivity index is 1.84. The van der Waals surface area contributed by atoms with Gasteiger partial charge in [0.25, 0.3) is 5.91 Å². The Kier molecular flexibility index (Phi) is 3.14. The first kappa shape index (κ1) is 12.4. The quantitative estimate of drug-likeness (QED) is 0.860. The molecular weight excluding hydrogens is 258 g/mol. The summed E-state index contributed by atoms with van der Waals surface area (Å²) in [4.78, 5) is 15.9. The van der Waals surface area contributed by atoms with Gasteiger partial charge in [0.2, 0.25) is 0 Å². The van der Waals surface area contributed by atoms with Crippen molar-refractivity contribution < 1.29 is 4.79 Å². The van der Waals surface area contributed by atoms with Crippen LogP contribution in [0.4, 0.5) is 0 Å². The summed E-state index contributed by atoms with van der Waals surface area (Å²) in [5, 5.41) is 6.22. The predicted molar refractivity (Wildman–Crippen MR) is 75.2 cm³/mol. The van der Waals surface area contributed by atoms with Crippen LogP contribution in [-0.4, -0.2) is 26.6 Å². The van der Waals surface area contributed by atoms with Crippen LogP contribution in [0.1, 0.15) is 33.8 Å². The summed E-state index contributed by atoms with van der Waals surface area (Å²) in [6, 6.07) is 4.53. The van der Waals surface area contributed by atoms with Crippen LogP contribution in [0.15, 0.2) is 23.7 Å². The molecule has 2 aromatic heterocycles. The smallest absolute Gasteiger partial charge is 0.257 e. The molecule has 4 nitrogen and oxygen atoms in total. The third-order valence-corrected chi connectivity index (χ3v) is 4.48. The first-order chi connectivity index (χ1) is 9.16. The van der Waals surface area contributed by atoms with Crippen molar-refractivity contribution in [2.75, 3.05) is 0 Å². The molecule has 0 aromatic carbocycles. The highest BCUT2D eigenvalue weighted by Gasteiger charge is 2.34. The average molecular weight is 275 g/mol. The molecule has 5 heteroatoms. The van der Waals surface area contributed by atoms with Gasteiger partial charge in [0.1, 0.15) is 0 Å². The van der Waals surface area contributed by atoms with E-state index in [1.54, 1.807) is 22.2 Å². The van der Waals surface area contributed by atoms with E-state index in [1.807, 2.05) is 24.9 Å². The Morgan fingerprint density at radius 3 is 2.89 bits per heavy atom. The van der Waals surface area contributed by atoms with E-state index in [2.05, 4.69) is 16.5 Å². The van der Waals surface area contributed by atoms with E-state index in [4.69, 9.17) is 0 Å². The Labute approximate surface area is 116 Å². The highest BCUT2D eigenvalue weighted by molar-refractivity contribution is 7.09. The molecule has 100 valence electrons. The van der Waals surface area contributed by atoms with Crippen LogP contribution < -0.4 is 0 Å². The van der Waals surface area contributed by atoms with E-state index in [0.29, 0.717) is 6.04 Å². The van der Waals surface area contributed by atoms with Gasteiger partial charge in [-0.3, -0.25) is 9.48 Å². The monoisotopic (exact) mass is 275 g/mol. The van der Waals surface area contributed by atoms with Gasteiger partial charge in [-0.05, 0) is 31.2 Å². The zero-order valence-corrected chi connectivity index (χ0v) is 12.0. The van der Waals surface area contributed by atoms with Crippen molar-refractivity contribution in [1.82, 2.24) is 14.7 Å². The van der Waals surface area contributed by atoms with E-state index >= 15 is 0 Å². The third kappa shape index (κ3) is 2.42. The number of hydrogen-bond acceptors (Lipinski definition) is 3. The van der Waals surface area contributed by atoms with E-state index in [9.17, 15) is 4.79 Å². The summed E-state index contributed by atoms with van der Waals surface area (Å²) in [5.41, 5.74) is 1.66. The van der Waals surface area contributed by atoms with Crippen molar-refractivity contribution in [1.29, 1.82) is 0 Å². The molecule has 0 unspecified atom stereocenters. The van der Waals surface area contributed by atoms with E-state index in [0.717, 1.165) is 30.6 Å². The maximum absolute atomic E-state index is 12.7. The minimum absolute atomic E-state index is 0.113. The molecule has 0 N–H and O–H groups in total. The number of hydrogen-bond donors (Lipinski definition) is 0. The lowest BCUT2D eigenvalue weighted by atomic mass is 10.2. The lowest BCUT2D eigenvalue weighted by Gasteiger charge is -2.21. The van der Waals surface area contributed by atoms with Gasteiger partial charge in [0, 0.05) is 23.7 Å². The summed E-state index contributed by atoms with van der Waals surface area (Å²) < 4.78 is 1.75. The van der Waals surface area contributed by atoms with E-state index in [1.165, 1.54) is 4.88 Å². The van der Waals surface area contributed by atoms with E-state index < -0.39 is 0 Å². The van der Waals surface area contributed by atoms with Gasteiger partial charge in [0.05, 0.1) is 18.3 Å². The molecule has 1 fully saturated rings. The second-order valence-electron chi connectivity index (χ2n) is 5.01. The van der Waals surface area contributed by atoms with Crippen molar-refractivity contribution in [3.63, 3.8) is 0 Å². The van der Waals surface area contributed by atoms with Crippen LogP contribution in [0.5, 0.6) is 0 Å². The van der Waals surface area contributed by atoms with Gasteiger partial charge < -0.3 is 4.90 Å². The Bertz CT molecular complexity index is 584. The molecular formula is C14H17N3OS. The number of aryl methyl sites for hydroxylation is 1. The minimum atomic E-state index is 0.113. The molecule has 1 aliphatic carbocycles. The third-order valence-electron chi connectivity index (χ3n) is 3.62. The standard InChI is InChI=1S/C14H17N3OS/c1-10-13(8-15-16(10)2)14(18)17(11-5-6-11)9-12-4-3-7-19-12/h3-4,7-8,11H,5-6,9H2,1-2H3. The SMILES string of the molecule is Cc1c(C(=O)N(Cc2cccs2)C2CC2)cnn1C. The molecule has 0 radical (unpaired) electrons. The van der Waals surface area contributed by atoms with Crippen molar-refractivity contribution in [3.05, 3.63) is 39.8 Å². The second kappa shape index (κ2) is 4.81. The van der Waals surface area contributed by atoms with Crippen LogP contribution in [0.25, 0.3) is 0 Å². The molecule has 1 amide bonds. The van der Waals surface area contributed by atoms with Crippen LogP contribution in [-0.2, 0) is 13.6 Å². The largest absolute Gasteiger partial charge is 0.330 e. The highest BCUT2D eigenvalue weighted by Crippen LogP contribution is 2.31. The molecule has 2 heterocycles. The number of amides is 1. The van der Waals surface area contributed by atoms with Crippen molar-refractivity contribution in [3.8, 4) is 0 Å². The molecule has 1 aliphatic rings. The molecule has 3 rings (SSSR count). The molecule has 0 spiro atoms. The number of aromatic nitrogens is 2. The molecule has 0 aliphatic heterocycles. The second-order valence-corrected chi connectivity index (χ2v) is 6.04. The molecule has 0 bridgehead atoms. The fraction of sp³-hybridized carbons (Fsp3) is 0.429. The lowest BCUT2D eigenvalue weighted by Crippen LogP contribution is -2.32. The van der Waals surface area contributed by atoms with Crippen LogP contribution in [0, 0.1) is 6.92 Å². The number of rotatable bonds is 4.